The number of hydrogen-bond donors (Lipinski definition) is 1. The second kappa shape index (κ2) is 7.52. The molecule has 21 heavy (non-hydrogen) atoms. The van der Waals surface area contributed by atoms with Crippen LogP contribution in [0.2, 0.25) is 0 Å². The van der Waals surface area contributed by atoms with Crippen LogP contribution in [0.4, 0.5) is 0 Å². The summed E-state index contributed by atoms with van der Waals surface area (Å²) < 4.78 is 10.3. The number of ether oxygens (including phenoxy) is 2. The number of benzene rings is 1. The molecule has 0 spiro atoms. The van der Waals surface area contributed by atoms with Crippen molar-refractivity contribution in [3.05, 3.63) is 23.8 Å². The fourth-order valence-corrected chi connectivity index (χ4v) is 2.07. The van der Waals surface area contributed by atoms with Gasteiger partial charge in [0, 0.05) is 18.7 Å². The average molecular weight is 295 g/mol. The summed E-state index contributed by atoms with van der Waals surface area (Å²) in [6, 6.07) is 4.35. The summed E-state index contributed by atoms with van der Waals surface area (Å²) in [5.41, 5.74) is 0.690. The van der Waals surface area contributed by atoms with Gasteiger partial charge >= 0.3 is 5.97 Å². The Hall–Kier alpha value is -2.24. The first-order valence-electron chi connectivity index (χ1n) is 6.63. The highest BCUT2D eigenvalue weighted by atomic mass is 16.5. The number of carboxylic acids is 1. The third kappa shape index (κ3) is 4.11. The van der Waals surface area contributed by atoms with Gasteiger partial charge in [0.1, 0.15) is 17.5 Å². The lowest BCUT2D eigenvalue weighted by atomic mass is 10.1. The SMILES string of the molecule is CCC(C(=O)O)N(C)C(=O)Cc1ccc(OC)cc1OC. The Kier molecular flexibility index (Phi) is 6.02. The summed E-state index contributed by atoms with van der Waals surface area (Å²) in [5.74, 6) is -0.101. The van der Waals surface area contributed by atoms with Gasteiger partial charge in [0.15, 0.2) is 0 Å². The van der Waals surface area contributed by atoms with E-state index in [1.807, 2.05) is 0 Å². The zero-order valence-electron chi connectivity index (χ0n) is 12.8. The molecule has 0 aliphatic heterocycles. The first-order valence-corrected chi connectivity index (χ1v) is 6.63. The maximum atomic E-state index is 12.2. The number of aliphatic carboxylic acids is 1. The predicted molar refractivity (Wildman–Crippen MR) is 77.7 cm³/mol. The van der Waals surface area contributed by atoms with E-state index in [-0.39, 0.29) is 12.3 Å². The molecule has 1 unspecified atom stereocenters. The zero-order chi connectivity index (χ0) is 16.0. The highest BCUT2D eigenvalue weighted by Gasteiger charge is 2.25. The molecule has 0 saturated heterocycles. The first-order chi connectivity index (χ1) is 9.94. The zero-order valence-corrected chi connectivity index (χ0v) is 12.8. The van der Waals surface area contributed by atoms with Gasteiger partial charge in [-0.1, -0.05) is 13.0 Å². The van der Waals surface area contributed by atoms with Crippen LogP contribution in [0.15, 0.2) is 18.2 Å². The summed E-state index contributed by atoms with van der Waals surface area (Å²) >= 11 is 0. The molecule has 1 rings (SSSR count). The van der Waals surface area contributed by atoms with Crippen LogP contribution in [0.5, 0.6) is 11.5 Å². The Bertz CT molecular complexity index is 515. The largest absolute Gasteiger partial charge is 0.497 e. The van der Waals surface area contributed by atoms with Crippen LogP contribution in [0, 0.1) is 0 Å². The lowest BCUT2D eigenvalue weighted by Gasteiger charge is -2.24. The third-order valence-electron chi connectivity index (χ3n) is 3.37. The van der Waals surface area contributed by atoms with Crippen LogP contribution in [-0.2, 0) is 16.0 Å². The summed E-state index contributed by atoms with van der Waals surface area (Å²) in [5, 5.41) is 9.09. The second-order valence-electron chi connectivity index (χ2n) is 4.62. The Morgan fingerprint density at radius 3 is 2.43 bits per heavy atom. The molecule has 1 N–H and O–H groups in total. The number of carbonyl (C=O) groups excluding carboxylic acids is 1. The fraction of sp³-hybridized carbons (Fsp3) is 0.467. The molecule has 1 atom stereocenters. The molecular formula is C15H21NO5. The minimum Gasteiger partial charge on any atom is -0.497 e. The first kappa shape index (κ1) is 16.8. The van der Waals surface area contributed by atoms with Gasteiger partial charge in [0.25, 0.3) is 0 Å². The van der Waals surface area contributed by atoms with Crippen molar-refractivity contribution in [2.45, 2.75) is 25.8 Å². The van der Waals surface area contributed by atoms with Gasteiger partial charge in [-0.05, 0) is 12.5 Å². The van der Waals surface area contributed by atoms with E-state index in [9.17, 15) is 9.59 Å². The summed E-state index contributed by atoms with van der Waals surface area (Å²) in [6.07, 6.45) is 0.435. The van der Waals surface area contributed by atoms with Crippen molar-refractivity contribution in [2.75, 3.05) is 21.3 Å². The maximum Gasteiger partial charge on any atom is 0.326 e. The molecule has 1 amide bonds. The molecule has 1 aromatic carbocycles. The van der Waals surface area contributed by atoms with E-state index in [4.69, 9.17) is 14.6 Å². The summed E-state index contributed by atoms with van der Waals surface area (Å²) in [6.45, 7) is 1.73. The Morgan fingerprint density at radius 2 is 1.95 bits per heavy atom. The van der Waals surface area contributed by atoms with Crippen LogP contribution in [-0.4, -0.2) is 49.2 Å². The Labute approximate surface area is 124 Å². The Balaban J connectivity index is 2.90. The van der Waals surface area contributed by atoms with Crippen LogP contribution >= 0.6 is 0 Å². The van der Waals surface area contributed by atoms with E-state index in [1.165, 1.54) is 19.1 Å². The molecule has 0 heterocycles. The van der Waals surface area contributed by atoms with Crippen molar-refractivity contribution in [3.63, 3.8) is 0 Å². The van der Waals surface area contributed by atoms with E-state index >= 15 is 0 Å². The minimum atomic E-state index is -1.00. The van der Waals surface area contributed by atoms with Gasteiger partial charge in [-0.2, -0.15) is 0 Å². The normalized spacial score (nSPS) is 11.6. The van der Waals surface area contributed by atoms with E-state index < -0.39 is 12.0 Å². The monoisotopic (exact) mass is 295 g/mol. The number of hydrogen-bond acceptors (Lipinski definition) is 4. The van der Waals surface area contributed by atoms with Crippen molar-refractivity contribution in [1.82, 2.24) is 4.90 Å². The molecule has 116 valence electrons. The van der Waals surface area contributed by atoms with E-state index in [2.05, 4.69) is 0 Å². The number of amides is 1. The minimum absolute atomic E-state index is 0.0768. The van der Waals surface area contributed by atoms with E-state index in [0.717, 1.165) is 0 Å². The van der Waals surface area contributed by atoms with Crippen LogP contribution < -0.4 is 9.47 Å². The number of likely N-dealkylation sites (N-methyl/N-ethyl adjacent to an activating group) is 1. The quantitative estimate of drug-likeness (QED) is 0.826. The van der Waals surface area contributed by atoms with E-state index in [1.54, 1.807) is 32.2 Å². The topological polar surface area (TPSA) is 76.1 Å². The van der Waals surface area contributed by atoms with Gasteiger partial charge in [-0.25, -0.2) is 4.79 Å². The maximum absolute atomic E-state index is 12.2. The number of rotatable bonds is 7. The fourth-order valence-electron chi connectivity index (χ4n) is 2.07. The van der Waals surface area contributed by atoms with Crippen molar-refractivity contribution in [1.29, 1.82) is 0 Å². The van der Waals surface area contributed by atoms with Crippen LogP contribution in [0.1, 0.15) is 18.9 Å². The molecule has 1 aromatic rings. The number of carboxylic acid groups (broad SMARTS) is 1. The molecule has 0 aromatic heterocycles. The summed E-state index contributed by atoms with van der Waals surface area (Å²) in [7, 11) is 4.56. The smallest absolute Gasteiger partial charge is 0.326 e. The van der Waals surface area contributed by atoms with E-state index in [0.29, 0.717) is 23.5 Å². The number of methoxy groups -OCH3 is 2. The van der Waals surface area contributed by atoms with Crippen molar-refractivity contribution >= 4 is 11.9 Å². The molecule has 0 fully saturated rings. The lowest BCUT2D eigenvalue weighted by Crippen LogP contribution is -2.42. The molecule has 0 radical (unpaired) electrons. The molecule has 0 aliphatic rings. The lowest BCUT2D eigenvalue weighted by molar-refractivity contribution is -0.148. The van der Waals surface area contributed by atoms with Crippen molar-refractivity contribution < 1.29 is 24.2 Å². The second-order valence-corrected chi connectivity index (χ2v) is 4.62. The van der Waals surface area contributed by atoms with Crippen LogP contribution in [0.25, 0.3) is 0 Å². The standard InChI is InChI=1S/C15H21NO5/c1-5-12(15(18)19)16(2)14(17)8-10-6-7-11(20-3)9-13(10)21-4/h6-7,9,12H,5,8H2,1-4H3,(H,18,19). The molecule has 6 heteroatoms. The van der Waals surface area contributed by atoms with Gasteiger partial charge in [0.2, 0.25) is 5.91 Å². The Morgan fingerprint density at radius 1 is 1.29 bits per heavy atom. The molecule has 0 bridgehead atoms. The molecule has 0 aliphatic carbocycles. The molecular weight excluding hydrogens is 274 g/mol. The predicted octanol–water partition coefficient (Wildman–Crippen LogP) is 1.57. The average Bonchev–Trinajstić information content (AvgIpc) is 2.47. The van der Waals surface area contributed by atoms with Gasteiger partial charge in [0.05, 0.1) is 20.6 Å². The third-order valence-corrected chi connectivity index (χ3v) is 3.37. The van der Waals surface area contributed by atoms with Crippen molar-refractivity contribution in [2.24, 2.45) is 0 Å². The highest BCUT2D eigenvalue weighted by Crippen LogP contribution is 2.25. The van der Waals surface area contributed by atoms with Crippen molar-refractivity contribution in [3.8, 4) is 11.5 Å². The van der Waals surface area contributed by atoms with Crippen LogP contribution in [0.3, 0.4) is 0 Å². The number of nitrogens with zero attached hydrogens (tertiary/aromatic N) is 1. The van der Waals surface area contributed by atoms with Gasteiger partial charge in [-0.15, -0.1) is 0 Å². The molecule has 0 saturated carbocycles. The summed E-state index contributed by atoms with van der Waals surface area (Å²) in [4.78, 5) is 24.6. The van der Waals surface area contributed by atoms with Gasteiger partial charge in [-0.3, -0.25) is 4.79 Å². The number of carbonyl (C=O) groups is 2. The molecule has 6 nitrogen and oxygen atoms in total. The highest BCUT2D eigenvalue weighted by molar-refractivity contribution is 5.85. The van der Waals surface area contributed by atoms with Gasteiger partial charge < -0.3 is 19.5 Å².